The van der Waals surface area contributed by atoms with Crippen LogP contribution in [0.5, 0.6) is 0 Å². The number of nitrogens with zero attached hydrogens (tertiary/aromatic N) is 2. The van der Waals surface area contributed by atoms with Gasteiger partial charge >= 0.3 is 0 Å². The lowest BCUT2D eigenvalue weighted by molar-refractivity contribution is -0.122. The fourth-order valence-electron chi connectivity index (χ4n) is 4.99. The third-order valence-corrected chi connectivity index (χ3v) is 6.52. The van der Waals surface area contributed by atoms with Gasteiger partial charge in [0.2, 0.25) is 5.91 Å². The predicted octanol–water partition coefficient (Wildman–Crippen LogP) is 4.06. The monoisotopic (exact) mass is 430 g/mol. The molecule has 2 aromatic rings. The van der Waals surface area contributed by atoms with Crippen LogP contribution in [0, 0.1) is 18.3 Å². The molecule has 31 heavy (non-hydrogen) atoms. The van der Waals surface area contributed by atoms with Crippen molar-refractivity contribution in [3.05, 3.63) is 81.3 Å². The molecule has 2 aliphatic heterocycles. The number of Topliss-reactive ketones (excluding diaryl/α,β-unsaturated/α-hetero) is 1. The van der Waals surface area contributed by atoms with Crippen molar-refractivity contribution in [1.82, 2.24) is 0 Å². The van der Waals surface area contributed by atoms with Gasteiger partial charge < -0.3 is 11.1 Å². The quantitative estimate of drug-likeness (QED) is 0.710. The van der Waals surface area contributed by atoms with Crippen molar-refractivity contribution in [2.24, 2.45) is 5.73 Å². The van der Waals surface area contributed by atoms with Crippen LogP contribution in [0.25, 0.3) is 0 Å². The van der Waals surface area contributed by atoms with E-state index < -0.39 is 11.3 Å². The fourth-order valence-corrected chi connectivity index (χ4v) is 5.12. The predicted molar refractivity (Wildman–Crippen MR) is 118 cm³/mol. The van der Waals surface area contributed by atoms with Crippen LogP contribution >= 0.6 is 11.6 Å². The minimum Gasteiger partial charge on any atom is -0.384 e. The summed E-state index contributed by atoms with van der Waals surface area (Å²) in [6.45, 7) is 1.91. The molecule has 0 fully saturated rings. The van der Waals surface area contributed by atoms with E-state index in [9.17, 15) is 14.9 Å². The third kappa shape index (κ3) is 2.50. The number of halogens is 1. The van der Waals surface area contributed by atoms with Crippen LogP contribution in [-0.4, -0.2) is 11.7 Å². The van der Waals surface area contributed by atoms with E-state index in [-0.39, 0.29) is 17.2 Å². The standard InChI is InChI=1S/C24H19ClN4O2/c1-13-5-10-18-16(11-13)24(23(31)28-18)17(12-26)22(27)29(15-8-6-14(25)7-9-15)19-3-2-4-20(30)21(19)24/h5-11H,2-4,27H2,1H3,(H,28,31)/t24-/m0/s1. The fraction of sp³-hybridized carbons (Fsp3) is 0.208. The summed E-state index contributed by atoms with van der Waals surface area (Å²) < 4.78 is 0. The number of nitriles is 1. The summed E-state index contributed by atoms with van der Waals surface area (Å²) in [4.78, 5) is 28.6. The smallest absolute Gasteiger partial charge is 0.245 e. The molecule has 3 N–H and O–H groups in total. The molecule has 0 saturated heterocycles. The second-order valence-electron chi connectivity index (χ2n) is 8.04. The Morgan fingerprint density at radius 2 is 1.90 bits per heavy atom. The van der Waals surface area contributed by atoms with Crippen molar-refractivity contribution < 1.29 is 9.59 Å². The third-order valence-electron chi connectivity index (χ3n) is 6.27. The SMILES string of the molecule is Cc1ccc2c(c1)[C@]1(C(=O)N2)C(C#N)=C(N)N(c2ccc(Cl)cc2)C2=C1C(=O)CCC2. The topological polar surface area (TPSA) is 99.2 Å². The molecule has 7 heteroatoms. The molecule has 0 radical (unpaired) electrons. The van der Waals surface area contributed by atoms with Crippen molar-refractivity contribution in [2.75, 3.05) is 10.2 Å². The minimum absolute atomic E-state index is 0.0679. The highest BCUT2D eigenvalue weighted by atomic mass is 35.5. The molecule has 1 spiro atoms. The average molecular weight is 431 g/mol. The Morgan fingerprint density at radius 1 is 1.16 bits per heavy atom. The van der Waals surface area contributed by atoms with Crippen molar-refractivity contribution in [1.29, 1.82) is 5.26 Å². The zero-order valence-electron chi connectivity index (χ0n) is 16.8. The Hall–Kier alpha value is -3.56. The number of hydrogen-bond donors (Lipinski definition) is 2. The number of anilines is 2. The van der Waals surface area contributed by atoms with Crippen LogP contribution in [0.3, 0.4) is 0 Å². The van der Waals surface area contributed by atoms with Gasteiger partial charge in [0.1, 0.15) is 17.3 Å². The maximum absolute atomic E-state index is 13.5. The molecular weight excluding hydrogens is 412 g/mol. The molecule has 0 saturated carbocycles. The van der Waals surface area contributed by atoms with Gasteiger partial charge in [0.25, 0.3) is 0 Å². The zero-order chi connectivity index (χ0) is 21.9. The van der Waals surface area contributed by atoms with E-state index in [2.05, 4.69) is 11.4 Å². The molecule has 6 nitrogen and oxygen atoms in total. The van der Waals surface area contributed by atoms with Gasteiger partial charge in [-0.15, -0.1) is 0 Å². The average Bonchev–Trinajstić information content (AvgIpc) is 3.02. The minimum atomic E-state index is -1.53. The maximum Gasteiger partial charge on any atom is 0.245 e. The highest BCUT2D eigenvalue weighted by molar-refractivity contribution is 6.30. The summed E-state index contributed by atoms with van der Waals surface area (Å²) >= 11 is 6.06. The maximum atomic E-state index is 13.5. The van der Waals surface area contributed by atoms with E-state index in [0.29, 0.717) is 52.5 Å². The van der Waals surface area contributed by atoms with Crippen molar-refractivity contribution in [2.45, 2.75) is 31.6 Å². The number of aryl methyl sites for hydroxylation is 1. The van der Waals surface area contributed by atoms with Crippen LogP contribution in [0.15, 0.2) is 65.1 Å². The van der Waals surface area contributed by atoms with Gasteiger partial charge in [0, 0.05) is 39.7 Å². The highest BCUT2D eigenvalue weighted by Crippen LogP contribution is 2.55. The van der Waals surface area contributed by atoms with Crippen molar-refractivity contribution in [3.8, 4) is 6.07 Å². The van der Waals surface area contributed by atoms with Crippen LogP contribution in [0.4, 0.5) is 11.4 Å². The van der Waals surface area contributed by atoms with E-state index in [1.54, 1.807) is 29.2 Å². The van der Waals surface area contributed by atoms with E-state index in [4.69, 9.17) is 17.3 Å². The number of hydrogen-bond acceptors (Lipinski definition) is 5. The molecule has 0 aromatic heterocycles. The molecule has 1 amide bonds. The van der Waals surface area contributed by atoms with Gasteiger partial charge in [0.15, 0.2) is 5.78 Å². The summed E-state index contributed by atoms with van der Waals surface area (Å²) in [6, 6.07) is 14.8. The first kappa shape index (κ1) is 19.4. The van der Waals surface area contributed by atoms with Gasteiger partial charge in [-0.1, -0.05) is 29.3 Å². The van der Waals surface area contributed by atoms with Gasteiger partial charge in [-0.2, -0.15) is 5.26 Å². The number of carbonyl (C=O) groups excluding carboxylic acids is 2. The number of nitrogens with one attached hydrogen (secondary N) is 1. The number of nitrogens with two attached hydrogens (primary N) is 1. The first-order valence-corrected chi connectivity index (χ1v) is 10.4. The Kier molecular flexibility index (Phi) is 4.21. The molecule has 1 atom stereocenters. The molecule has 2 heterocycles. The Morgan fingerprint density at radius 3 is 2.61 bits per heavy atom. The molecular formula is C24H19ClN4O2. The number of carbonyl (C=O) groups is 2. The number of ketones is 1. The molecule has 2 aromatic carbocycles. The highest BCUT2D eigenvalue weighted by Gasteiger charge is 2.60. The van der Waals surface area contributed by atoms with Crippen LogP contribution in [0.1, 0.15) is 30.4 Å². The number of allylic oxidation sites excluding steroid dienone is 1. The Labute approximate surface area is 184 Å². The van der Waals surface area contributed by atoms with Gasteiger partial charge in [-0.05, 0) is 50.1 Å². The second kappa shape index (κ2) is 6.73. The number of rotatable bonds is 1. The molecule has 3 aliphatic rings. The van der Waals surface area contributed by atoms with Crippen LogP contribution in [-0.2, 0) is 15.0 Å². The van der Waals surface area contributed by atoms with Crippen LogP contribution < -0.4 is 16.0 Å². The number of fused-ring (bicyclic) bond motifs is 3. The summed E-state index contributed by atoms with van der Waals surface area (Å²) in [5.41, 5.74) is 8.97. The lowest BCUT2D eigenvalue weighted by Crippen LogP contribution is -2.50. The largest absolute Gasteiger partial charge is 0.384 e. The van der Waals surface area contributed by atoms with E-state index in [0.717, 1.165) is 5.56 Å². The van der Waals surface area contributed by atoms with Crippen LogP contribution in [0.2, 0.25) is 5.02 Å². The number of benzene rings is 2. The second-order valence-corrected chi connectivity index (χ2v) is 8.47. The molecule has 0 bridgehead atoms. The Balaban J connectivity index is 1.88. The lowest BCUT2D eigenvalue weighted by atomic mass is 9.63. The lowest BCUT2D eigenvalue weighted by Gasteiger charge is -2.43. The Bertz CT molecular complexity index is 1270. The first-order chi connectivity index (χ1) is 14.9. The first-order valence-electron chi connectivity index (χ1n) is 10.0. The zero-order valence-corrected chi connectivity index (χ0v) is 17.6. The van der Waals surface area contributed by atoms with Gasteiger partial charge in [0.05, 0.1) is 5.57 Å². The van der Waals surface area contributed by atoms with Crippen molar-refractivity contribution in [3.63, 3.8) is 0 Å². The van der Waals surface area contributed by atoms with E-state index in [1.165, 1.54) is 0 Å². The molecule has 154 valence electrons. The molecule has 0 unspecified atom stereocenters. The van der Waals surface area contributed by atoms with Gasteiger partial charge in [-0.3, -0.25) is 14.5 Å². The summed E-state index contributed by atoms with van der Waals surface area (Å²) in [5, 5.41) is 13.7. The van der Waals surface area contributed by atoms with E-state index >= 15 is 0 Å². The summed E-state index contributed by atoms with van der Waals surface area (Å²) in [6.07, 6.45) is 1.54. The number of amides is 1. The van der Waals surface area contributed by atoms with Gasteiger partial charge in [-0.25, -0.2) is 0 Å². The molecule has 5 rings (SSSR count). The molecule has 1 aliphatic carbocycles. The summed E-state index contributed by atoms with van der Waals surface area (Å²) in [7, 11) is 0. The van der Waals surface area contributed by atoms with E-state index in [1.807, 2.05) is 25.1 Å². The summed E-state index contributed by atoms with van der Waals surface area (Å²) in [5.74, 6) is -0.390. The van der Waals surface area contributed by atoms with Crippen molar-refractivity contribution >= 4 is 34.7 Å². The normalized spacial score (nSPS) is 22.4.